The minimum Gasteiger partial charge on any atom is -0.464 e. The van der Waals surface area contributed by atoms with Gasteiger partial charge in [0, 0.05) is 6.42 Å². The molecule has 9 nitrogen and oxygen atoms in total. The topological polar surface area (TPSA) is 111 Å². The predicted molar refractivity (Wildman–Crippen MR) is 116 cm³/mol. The van der Waals surface area contributed by atoms with Crippen molar-refractivity contribution in [2.75, 3.05) is 6.61 Å². The van der Waals surface area contributed by atoms with Crippen LogP contribution in [0.15, 0.2) is 60.7 Å². The summed E-state index contributed by atoms with van der Waals surface area (Å²) in [6.07, 6.45) is -1.69. The normalized spacial score (nSPS) is 17.2. The van der Waals surface area contributed by atoms with Crippen molar-refractivity contribution in [1.29, 1.82) is 0 Å². The molecule has 3 rings (SSSR count). The highest BCUT2D eigenvalue weighted by Gasteiger charge is 2.58. The number of ketones is 1. The van der Waals surface area contributed by atoms with Crippen LogP contribution in [0.4, 0.5) is 9.59 Å². The zero-order valence-corrected chi connectivity index (χ0v) is 18.3. The lowest BCUT2D eigenvalue weighted by Gasteiger charge is -2.36. The zero-order chi connectivity index (χ0) is 23.7. The Labute approximate surface area is 191 Å². The van der Waals surface area contributed by atoms with Gasteiger partial charge >= 0.3 is 18.2 Å². The molecule has 174 valence electrons. The fraction of sp³-hybridized carbons (Fsp3) is 0.333. The van der Waals surface area contributed by atoms with Crippen LogP contribution in [0.25, 0.3) is 0 Å². The van der Waals surface area contributed by atoms with Crippen molar-refractivity contribution < 1.29 is 33.4 Å². The maximum Gasteiger partial charge on any atom is 0.430 e. The molecule has 0 aliphatic heterocycles. The molecule has 1 N–H and O–H groups in total. The molecule has 0 radical (unpaired) electrons. The van der Waals surface area contributed by atoms with E-state index in [-0.39, 0.29) is 32.7 Å². The minimum absolute atomic E-state index is 0.000774. The highest BCUT2D eigenvalue weighted by Crippen LogP contribution is 2.33. The van der Waals surface area contributed by atoms with E-state index in [9.17, 15) is 19.2 Å². The molecule has 9 heteroatoms. The van der Waals surface area contributed by atoms with Gasteiger partial charge in [-0.05, 0) is 30.9 Å². The van der Waals surface area contributed by atoms with Crippen molar-refractivity contribution >= 4 is 23.9 Å². The molecule has 0 saturated heterocycles. The quantitative estimate of drug-likeness (QED) is 0.295. The first-order chi connectivity index (χ1) is 16.0. The van der Waals surface area contributed by atoms with Crippen LogP contribution in [0.2, 0.25) is 0 Å². The average molecular weight is 454 g/mol. The number of carbonyl (C=O) groups excluding carboxylic acids is 4. The Morgan fingerprint density at radius 3 is 2.00 bits per heavy atom. The Hall–Kier alpha value is -3.88. The van der Waals surface area contributed by atoms with Crippen LogP contribution in [-0.4, -0.2) is 41.1 Å². The van der Waals surface area contributed by atoms with Gasteiger partial charge in [-0.25, -0.2) is 19.8 Å². The molecule has 2 aromatic carbocycles. The second-order valence-electron chi connectivity index (χ2n) is 7.41. The van der Waals surface area contributed by atoms with Crippen molar-refractivity contribution in [3.63, 3.8) is 0 Å². The van der Waals surface area contributed by atoms with Gasteiger partial charge in [0.25, 0.3) is 0 Å². The number of benzene rings is 2. The van der Waals surface area contributed by atoms with Gasteiger partial charge in [-0.3, -0.25) is 4.79 Å². The number of Topliss-reactive ketones (excluding diaryl/α,β-unsaturated/α-hetero) is 1. The van der Waals surface area contributed by atoms with Gasteiger partial charge < -0.3 is 14.2 Å². The lowest BCUT2D eigenvalue weighted by atomic mass is 9.96. The Bertz CT molecular complexity index is 981. The van der Waals surface area contributed by atoms with E-state index >= 15 is 0 Å². The molecule has 2 amide bonds. The summed E-state index contributed by atoms with van der Waals surface area (Å²) in [6.45, 7) is 1.40. The van der Waals surface area contributed by atoms with Crippen molar-refractivity contribution in [3.05, 3.63) is 71.8 Å². The summed E-state index contributed by atoms with van der Waals surface area (Å²) < 4.78 is 15.6. The second kappa shape index (κ2) is 11.1. The van der Waals surface area contributed by atoms with Crippen LogP contribution in [0, 0.1) is 0 Å². The fourth-order valence-corrected chi connectivity index (χ4v) is 3.57. The summed E-state index contributed by atoms with van der Waals surface area (Å²) in [5.74, 6) is -1.46. The number of carbonyl (C=O) groups is 4. The lowest BCUT2D eigenvalue weighted by Crippen LogP contribution is -2.66. The molecule has 1 fully saturated rings. The first kappa shape index (κ1) is 23.8. The maximum absolute atomic E-state index is 13.0. The van der Waals surface area contributed by atoms with Gasteiger partial charge in [0.2, 0.25) is 5.54 Å². The summed E-state index contributed by atoms with van der Waals surface area (Å²) in [4.78, 5) is 51.3. The van der Waals surface area contributed by atoms with Gasteiger partial charge in [0.15, 0.2) is 5.78 Å². The number of nitrogens with zero attached hydrogens (tertiary/aromatic N) is 1. The van der Waals surface area contributed by atoms with Gasteiger partial charge in [-0.15, -0.1) is 0 Å². The van der Waals surface area contributed by atoms with E-state index in [2.05, 4.69) is 5.43 Å². The van der Waals surface area contributed by atoms with E-state index < -0.39 is 29.5 Å². The summed E-state index contributed by atoms with van der Waals surface area (Å²) >= 11 is 0. The Morgan fingerprint density at radius 1 is 0.909 bits per heavy atom. The first-order valence-corrected chi connectivity index (χ1v) is 10.7. The van der Waals surface area contributed by atoms with Crippen molar-refractivity contribution in [2.24, 2.45) is 0 Å². The van der Waals surface area contributed by atoms with E-state index in [4.69, 9.17) is 14.2 Å². The van der Waals surface area contributed by atoms with Gasteiger partial charge in [-0.1, -0.05) is 60.7 Å². The highest BCUT2D eigenvalue weighted by atomic mass is 16.6. The lowest BCUT2D eigenvalue weighted by molar-refractivity contribution is -0.162. The largest absolute Gasteiger partial charge is 0.464 e. The summed E-state index contributed by atoms with van der Waals surface area (Å²) in [7, 11) is 0. The number of hydrogen-bond donors (Lipinski definition) is 1. The van der Waals surface area contributed by atoms with E-state index in [1.54, 1.807) is 55.5 Å². The minimum atomic E-state index is -2.02. The number of amides is 2. The molecular weight excluding hydrogens is 428 g/mol. The van der Waals surface area contributed by atoms with Crippen LogP contribution in [0.1, 0.15) is 37.3 Å². The number of hydrogen-bond acceptors (Lipinski definition) is 7. The monoisotopic (exact) mass is 454 g/mol. The number of ether oxygens (including phenoxy) is 3. The fourth-order valence-electron chi connectivity index (χ4n) is 3.57. The van der Waals surface area contributed by atoms with Crippen LogP contribution in [-0.2, 0) is 37.0 Å². The van der Waals surface area contributed by atoms with Crippen LogP contribution >= 0.6 is 0 Å². The molecule has 33 heavy (non-hydrogen) atoms. The first-order valence-electron chi connectivity index (χ1n) is 10.7. The van der Waals surface area contributed by atoms with E-state index in [0.29, 0.717) is 17.0 Å². The van der Waals surface area contributed by atoms with Gasteiger partial charge in [-0.2, -0.15) is 5.01 Å². The molecule has 0 heterocycles. The number of rotatable bonds is 7. The highest BCUT2D eigenvalue weighted by molar-refractivity contribution is 6.12. The van der Waals surface area contributed by atoms with E-state index in [1.807, 2.05) is 12.1 Å². The molecule has 2 aromatic rings. The summed E-state index contributed by atoms with van der Waals surface area (Å²) in [5, 5.41) is 0.622. The van der Waals surface area contributed by atoms with Crippen LogP contribution < -0.4 is 5.43 Å². The smallest absolute Gasteiger partial charge is 0.430 e. The van der Waals surface area contributed by atoms with Gasteiger partial charge in [0.05, 0.1) is 6.61 Å². The van der Waals surface area contributed by atoms with E-state index in [0.717, 1.165) is 5.56 Å². The maximum atomic E-state index is 13.0. The number of esters is 1. The average Bonchev–Trinajstić information content (AvgIpc) is 3.23. The predicted octanol–water partition coefficient (Wildman–Crippen LogP) is 3.52. The molecule has 0 aromatic heterocycles. The standard InChI is InChI=1S/C24H26N2O7/c1-2-31-21(28)24(15-9-14-20(24)27)26(23(30)33-17-19-12-7-4-8-13-19)25-22(29)32-16-18-10-5-3-6-11-18/h3-8,10-13H,2,9,14-17H2,1H3,(H,25,29)/t24-/m1/s1. The second-order valence-corrected chi connectivity index (χ2v) is 7.41. The third kappa shape index (κ3) is 5.68. The Morgan fingerprint density at radius 2 is 1.48 bits per heavy atom. The SMILES string of the molecule is CCOC(=O)[C@@]1(N(NC(=O)OCc2ccccc2)C(=O)OCc2ccccc2)CCCC1=O. The Balaban J connectivity index is 1.81. The summed E-state index contributed by atoms with van der Waals surface area (Å²) in [6, 6.07) is 17.8. The molecule has 1 aliphatic carbocycles. The molecule has 0 spiro atoms. The molecule has 1 saturated carbocycles. The van der Waals surface area contributed by atoms with Crippen molar-refractivity contribution in [3.8, 4) is 0 Å². The summed E-state index contributed by atoms with van der Waals surface area (Å²) in [5.41, 5.74) is 1.65. The van der Waals surface area contributed by atoms with E-state index in [1.165, 1.54) is 0 Å². The molecule has 0 bridgehead atoms. The van der Waals surface area contributed by atoms with Gasteiger partial charge in [0.1, 0.15) is 13.2 Å². The van der Waals surface area contributed by atoms with Crippen LogP contribution in [0.5, 0.6) is 0 Å². The third-order valence-corrected chi connectivity index (χ3v) is 5.20. The third-order valence-electron chi connectivity index (χ3n) is 5.20. The Kier molecular flexibility index (Phi) is 8.01. The van der Waals surface area contributed by atoms with Crippen molar-refractivity contribution in [2.45, 2.75) is 44.9 Å². The van der Waals surface area contributed by atoms with Crippen molar-refractivity contribution in [1.82, 2.24) is 10.4 Å². The molecular formula is C24H26N2O7. The number of nitrogens with one attached hydrogen (secondary N) is 1. The molecule has 1 atom stereocenters. The molecule has 0 unspecified atom stereocenters. The van der Waals surface area contributed by atoms with Crippen LogP contribution in [0.3, 0.4) is 0 Å². The zero-order valence-electron chi connectivity index (χ0n) is 18.3. The number of hydrazine groups is 1. The molecule has 1 aliphatic rings.